The maximum Gasteiger partial charge on any atom is 0.434 e. The first kappa shape index (κ1) is 24.3. The van der Waals surface area contributed by atoms with Gasteiger partial charge >= 0.3 is 12.3 Å². The number of anilines is 2. The normalized spacial score (nSPS) is 21.5. The Labute approximate surface area is 205 Å². The predicted octanol–water partition coefficient (Wildman–Crippen LogP) is 4.55. The summed E-state index contributed by atoms with van der Waals surface area (Å²) < 4.78 is 54.0. The second-order valence-corrected chi connectivity index (χ2v) is 10.6. The molecule has 0 bridgehead atoms. The Morgan fingerprint density at radius 2 is 2.03 bits per heavy atom. The molecular formula is C23H28F3N7O3. The fourth-order valence-corrected chi connectivity index (χ4v) is 4.05. The van der Waals surface area contributed by atoms with Crippen molar-refractivity contribution >= 4 is 23.5 Å². The first-order chi connectivity index (χ1) is 16.8. The smallest absolute Gasteiger partial charge is 0.434 e. The molecule has 10 nitrogen and oxygen atoms in total. The van der Waals surface area contributed by atoms with Crippen LogP contribution in [0.15, 0.2) is 24.5 Å². The largest absolute Gasteiger partial charge is 0.444 e. The van der Waals surface area contributed by atoms with E-state index in [0.29, 0.717) is 17.9 Å². The first-order valence-corrected chi connectivity index (χ1v) is 11.7. The predicted molar refractivity (Wildman–Crippen MR) is 123 cm³/mol. The SMILES string of the molecule is CC1(NC(=O)O[C@H]2CO[C@@H](c3cc(Nc4nccc5nc(C(F)(F)F)cn45)n(C(C)(C)C)n3)C2)CC1. The molecule has 194 valence electrons. The molecule has 3 aromatic heterocycles. The van der Waals surface area contributed by atoms with Crippen molar-refractivity contribution in [1.82, 2.24) is 29.5 Å². The van der Waals surface area contributed by atoms with E-state index < -0.39 is 35.7 Å². The Balaban J connectivity index is 1.36. The number of ether oxygens (including phenoxy) is 2. The van der Waals surface area contributed by atoms with Gasteiger partial charge in [0.25, 0.3) is 0 Å². The molecule has 2 N–H and O–H groups in total. The maximum absolute atomic E-state index is 13.2. The molecule has 3 aromatic rings. The third kappa shape index (κ3) is 4.97. The quantitative estimate of drug-likeness (QED) is 0.522. The standard InChI is InChI=1S/C23H28F3N7O3/c1-21(2,3)33-18(29-19-27-8-5-17-28-16(11-32(17)19)23(24,25)26)10-14(31-33)15-9-13(12-35-15)36-20(34)30-22(4)6-7-22/h5,8,10-11,13,15H,6-7,9,12H2,1-4H3,(H,27,29)(H,30,34)/t13-,15-/m1/s1. The summed E-state index contributed by atoms with van der Waals surface area (Å²) in [5, 5.41) is 10.7. The van der Waals surface area contributed by atoms with Gasteiger partial charge in [0.1, 0.15) is 23.7 Å². The van der Waals surface area contributed by atoms with E-state index in [0.717, 1.165) is 19.0 Å². The summed E-state index contributed by atoms with van der Waals surface area (Å²) in [4.78, 5) is 20.0. The van der Waals surface area contributed by atoms with E-state index >= 15 is 0 Å². The van der Waals surface area contributed by atoms with Crippen LogP contribution in [-0.4, -0.2) is 48.5 Å². The number of rotatable bonds is 5. The minimum Gasteiger partial charge on any atom is -0.444 e. The fourth-order valence-electron chi connectivity index (χ4n) is 4.05. The van der Waals surface area contributed by atoms with Crippen molar-refractivity contribution in [3.8, 4) is 0 Å². The number of alkyl halides is 3. The van der Waals surface area contributed by atoms with Gasteiger partial charge in [-0.2, -0.15) is 18.3 Å². The van der Waals surface area contributed by atoms with E-state index in [9.17, 15) is 18.0 Å². The van der Waals surface area contributed by atoms with Crippen LogP contribution in [0.25, 0.3) is 5.65 Å². The molecule has 13 heteroatoms. The zero-order chi connectivity index (χ0) is 25.9. The zero-order valence-corrected chi connectivity index (χ0v) is 20.4. The lowest BCUT2D eigenvalue weighted by Gasteiger charge is -2.22. The van der Waals surface area contributed by atoms with Crippen LogP contribution in [0.3, 0.4) is 0 Å². The highest BCUT2D eigenvalue weighted by molar-refractivity contribution is 5.69. The molecule has 0 radical (unpaired) electrons. The summed E-state index contributed by atoms with van der Waals surface area (Å²) in [6.45, 7) is 8.07. The molecule has 1 saturated carbocycles. The van der Waals surface area contributed by atoms with Crippen molar-refractivity contribution in [2.45, 2.75) is 76.4 Å². The number of aromatic nitrogens is 5. The van der Waals surface area contributed by atoms with E-state index in [4.69, 9.17) is 14.6 Å². The summed E-state index contributed by atoms with van der Waals surface area (Å²) in [6.07, 6.45) is -1.24. The summed E-state index contributed by atoms with van der Waals surface area (Å²) in [5.41, 5.74) is -0.918. The third-order valence-electron chi connectivity index (χ3n) is 6.24. The Bertz CT molecular complexity index is 1290. The van der Waals surface area contributed by atoms with E-state index in [1.54, 1.807) is 10.7 Å². The number of nitrogens with zero attached hydrogens (tertiary/aromatic N) is 5. The van der Waals surface area contributed by atoms with Gasteiger partial charge in [-0.05, 0) is 46.6 Å². The minimum atomic E-state index is -4.57. The molecule has 2 atom stereocenters. The van der Waals surface area contributed by atoms with E-state index in [1.165, 1.54) is 16.7 Å². The topological polar surface area (TPSA) is 108 Å². The van der Waals surface area contributed by atoms with Gasteiger partial charge in [-0.15, -0.1) is 0 Å². The Morgan fingerprint density at radius 3 is 2.69 bits per heavy atom. The van der Waals surface area contributed by atoms with Crippen molar-refractivity contribution in [3.63, 3.8) is 0 Å². The number of halogens is 3. The van der Waals surface area contributed by atoms with E-state index in [-0.39, 0.29) is 23.7 Å². The van der Waals surface area contributed by atoms with Crippen LogP contribution in [-0.2, 0) is 21.2 Å². The van der Waals surface area contributed by atoms with Crippen LogP contribution >= 0.6 is 0 Å². The highest BCUT2D eigenvalue weighted by Gasteiger charge is 2.40. The molecule has 0 unspecified atom stereocenters. The molecule has 2 fully saturated rings. The number of amides is 1. The summed E-state index contributed by atoms with van der Waals surface area (Å²) in [6, 6.07) is 3.17. The molecule has 1 saturated heterocycles. The van der Waals surface area contributed by atoms with Gasteiger partial charge in [-0.3, -0.25) is 4.40 Å². The van der Waals surface area contributed by atoms with Crippen molar-refractivity contribution in [3.05, 3.63) is 35.9 Å². The fraction of sp³-hybridized carbons (Fsp3) is 0.565. The number of fused-ring (bicyclic) bond motifs is 1. The summed E-state index contributed by atoms with van der Waals surface area (Å²) in [5.74, 6) is 0.679. The van der Waals surface area contributed by atoms with Gasteiger partial charge in [0.15, 0.2) is 5.69 Å². The number of carbonyl (C=O) groups is 1. The highest BCUT2D eigenvalue weighted by Crippen LogP contribution is 2.36. The molecule has 4 heterocycles. The molecule has 5 rings (SSSR count). The van der Waals surface area contributed by atoms with Crippen molar-refractivity contribution in [2.24, 2.45) is 0 Å². The summed E-state index contributed by atoms with van der Waals surface area (Å²) >= 11 is 0. The average Bonchev–Trinajstić information content (AvgIpc) is 3.20. The van der Waals surface area contributed by atoms with Crippen LogP contribution in [0.2, 0.25) is 0 Å². The number of hydrogen-bond acceptors (Lipinski definition) is 7. The number of carbonyl (C=O) groups excluding carboxylic acids is 1. The monoisotopic (exact) mass is 507 g/mol. The Morgan fingerprint density at radius 1 is 1.28 bits per heavy atom. The molecule has 1 aliphatic carbocycles. The molecule has 1 aliphatic heterocycles. The second-order valence-electron chi connectivity index (χ2n) is 10.6. The van der Waals surface area contributed by atoms with E-state index in [2.05, 4.69) is 20.6 Å². The number of hydrogen-bond donors (Lipinski definition) is 2. The average molecular weight is 508 g/mol. The van der Waals surface area contributed by atoms with Gasteiger partial charge < -0.3 is 20.1 Å². The highest BCUT2D eigenvalue weighted by atomic mass is 19.4. The summed E-state index contributed by atoms with van der Waals surface area (Å²) in [7, 11) is 0. The lowest BCUT2D eigenvalue weighted by atomic mass is 10.1. The molecule has 36 heavy (non-hydrogen) atoms. The van der Waals surface area contributed by atoms with Crippen LogP contribution in [0.1, 0.15) is 64.4 Å². The van der Waals surface area contributed by atoms with Crippen molar-refractivity contribution < 1.29 is 27.4 Å². The third-order valence-corrected chi connectivity index (χ3v) is 6.24. The van der Waals surface area contributed by atoms with Crippen LogP contribution in [0, 0.1) is 0 Å². The van der Waals surface area contributed by atoms with Gasteiger partial charge in [0, 0.05) is 30.4 Å². The van der Waals surface area contributed by atoms with Crippen LogP contribution < -0.4 is 10.6 Å². The molecule has 0 aromatic carbocycles. The van der Waals surface area contributed by atoms with Crippen molar-refractivity contribution in [1.29, 1.82) is 0 Å². The lowest BCUT2D eigenvalue weighted by Crippen LogP contribution is -2.37. The number of alkyl carbamates (subject to hydrolysis) is 1. The van der Waals surface area contributed by atoms with Crippen LogP contribution in [0.5, 0.6) is 0 Å². The minimum absolute atomic E-state index is 0.110. The van der Waals surface area contributed by atoms with Gasteiger partial charge in [0.2, 0.25) is 5.95 Å². The van der Waals surface area contributed by atoms with Gasteiger partial charge in [-0.1, -0.05) is 0 Å². The zero-order valence-electron chi connectivity index (χ0n) is 20.4. The number of nitrogens with one attached hydrogen (secondary N) is 2. The van der Waals surface area contributed by atoms with Gasteiger partial charge in [-0.25, -0.2) is 19.4 Å². The molecule has 0 spiro atoms. The Kier molecular flexibility index (Phi) is 5.65. The van der Waals surface area contributed by atoms with Gasteiger partial charge in [0.05, 0.1) is 17.8 Å². The second kappa shape index (κ2) is 8.36. The van der Waals surface area contributed by atoms with Crippen LogP contribution in [0.4, 0.5) is 29.7 Å². The molecule has 2 aliphatic rings. The van der Waals surface area contributed by atoms with Crippen molar-refractivity contribution in [2.75, 3.05) is 11.9 Å². The van der Waals surface area contributed by atoms with E-state index in [1.807, 2.05) is 27.7 Å². The molecule has 1 amide bonds. The first-order valence-electron chi connectivity index (χ1n) is 11.7. The number of imidazole rings is 1. The Hall–Kier alpha value is -3.35. The maximum atomic E-state index is 13.2. The lowest BCUT2D eigenvalue weighted by molar-refractivity contribution is -0.140. The molecular weight excluding hydrogens is 479 g/mol.